The van der Waals surface area contributed by atoms with Crippen LogP contribution in [-0.2, 0) is 30.3 Å². The van der Waals surface area contributed by atoms with Gasteiger partial charge in [-0.05, 0) is 33.3 Å². The second-order valence-electron chi connectivity index (χ2n) is 8.34. The molecule has 0 aromatic heterocycles. The maximum absolute atomic E-state index is 13.2. The van der Waals surface area contributed by atoms with E-state index in [1.165, 1.54) is 0 Å². The Bertz CT molecular complexity index is 734. The molecule has 0 bridgehead atoms. The van der Waals surface area contributed by atoms with Gasteiger partial charge in [0.05, 0.1) is 25.4 Å². The van der Waals surface area contributed by atoms with Crippen LogP contribution in [0.1, 0.15) is 44.7 Å². The van der Waals surface area contributed by atoms with Crippen LogP contribution in [0, 0.1) is 6.92 Å². The summed E-state index contributed by atoms with van der Waals surface area (Å²) in [5.41, 5.74) is 1.14. The molecular formula is C23H33NO5. The molecule has 1 N–H and O–H groups in total. The first kappa shape index (κ1) is 22.0. The van der Waals surface area contributed by atoms with Gasteiger partial charge in [-0.3, -0.25) is 4.79 Å². The molecule has 29 heavy (non-hydrogen) atoms. The maximum atomic E-state index is 13.2. The first-order chi connectivity index (χ1) is 13.8. The van der Waals surface area contributed by atoms with E-state index in [4.69, 9.17) is 18.9 Å². The van der Waals surface area contributed by atoms with Crippen molar-refractivity contribution in [3.8, 4) is 0 Å². The molecule has 6 heteroatoms. The normalized spacial score (nSPS) is 30.6. The monoisotopic (exact) mass is 403 g/mol. The molecule has 3 rings (SSSR count). The number of ether oxygens (including phenoxy) is 4. The predicted octanol–water partition coefficient (Wildman–Crippen LogP) is 3.27. The number of hydrogen-bond donors (Lipinski definition) is 1. The number of aryl methyl sites for hydroxylation is 1. The summed E-state index contributed by atoms with van der Waals surface area (Å²) in [6, 6.07) is 8.12. The van der Waals surface area contributed by atoms with Gasteiger partial charge in [0.15, 0.2) is 11.4 Å². The molecule has 0 radical (unpaired) electrons. The average molecular weight is 404 g/mol. The van der Waals surface area contributed by atoms with E-state index >= 15 is 0 Å². The average Bonchev–Trinajstić information content (AvgIpc) is 2.98. The van der Waals surface area contributed by atoms with E-state index in [-0.39, 0.29) is 24.2 Å². The molecule has 1 aromatic rings. The van der Waals surface area contributed by atoms with Crippen molar-refractivity contribution >= 4 is 5.91 Å². The Morgan fingerprint density at radius 1 is 1.34 bits per heavy atom. The van der Waals surface area contributed by atoms with Gasteiger partial charge >= 0.3 is 0 Å². The Morgan fingerprint density at radius 2 is 2.14 bits per heavy atom. The first-order valence-electron chi connectivity index (χ1n) is 10.3. The Balaban J connectivity index is 1.87. The van der Waals surface area contributed by atoms with Crippen molar-refractivity contribution in [1.29, 1.82) is 0 Å². The van der Waals surface area contributed by atoms with Crippen molar-refractivity contribution in [1.82, 2.24) is 5.32 Å². The first-order valence-corrected chi connectivity index (χ1v) is 10.3. The zero-order valence-corrected chi connectivity index (χ0v) is 17.9. The van der Waals surface area contributed by atoms with Gasteiger partial charge in [-0.2, -0.15) is 0 Å². The number of amides is 1. The van der Waals surface area contributed by atoms with Gasteiger partial charge in [-0.15, -0.1) is 6.58 Å². The lowest BCUT2D eigenvalue weighted by Crippen LogP contribution is -2.60. The highest BCUT2D eigenvalue weighted by Gasteiger charge is 2.57. The zero-order valence-electron chi connectivity index (χ0n) is 17.9. The molecule has 2 fully saturated rings. The largest absolute Gasteiger partial charge is 0.371 e. The third-order valence-corrected chi connectivity index (χ3v) is 5.43. The molecule has 1 heterocycles. The maximum Gasteiger partial charge on any atom is 0.252 e. The molecule has 0 spiro atoms. The molecule has 160 valence electrons. The molecule has 1 aliphatic carbocycles. The summed E-state index contributed by atoms with van der Waals surface area (Å²) < 4.78 is 24.6. The fraction of sp³-hybridized carbons (Fsp3) is 0.609. The van der Waals surface area contributed by atoms with E-state index in [2.05, 4.69) is 18.0 Å². The van der Waals surface area contributed by atoms with Crippen LogP contribution in [0.4, 0.5) is 0 Å². The molecule has 1 saturated carbocycles. The fourth-order valence-electron chi connectivity index (χ4n) is 4.24. The van der Waals surface area contributed by atoms with Crippen LogP contribution < -0.4 is 5.32 Å². The number of carbonyl (C=O) groups excluding carboxylic acids is 1. The summed E-state index contributed by atoms with van der Waals surface area (Å²) in [6.45, 7) is 12.7. The van der Waals surface area contributed by atoms with Crippen molar-refractivity contribution in [2.45, 2.75) is 76.8 Å². The van der Waals surface area contributed by atoms with Gasteiger partial charge in [-0.1, -0.05) is 35.9 Å². The van der Waals surface area contributed by atoms with Crippen LogP contribution in [0.2, 0.25) is 0 Å². The van der Waals surface area contributed by atoms with Gasteiger partial charge in [0, 0.05) is 19.4 Å². The number of carbonyl (C=O) groups is 1. The SMILES string of the molecule is C=CCO[C@H]1C[C@](OCc2cccc(C)c2)(C(=O)NCC)C[C@H]2OC(C)(C)O[C@@H]12. The minimum absolute atomic E-state index is 0.133. The summed E-state index contributed by atoms with van der Waals surface area (Å²) in [7, 11) is 0. The Hall–Kier alpha value is -1.73. The summed E-state index contributed by atoms with van der Waals surface area (Å²) in [5.74, 6) is -0.856. The number of benzene rings is 1. The van der Waals surface area contributed by atoms with E-state index in [0.717, 1.165) is 11.1 Å². The third kappa shape index (κ3) is 5.07. The van der Waals surface area contributed by atoms with Crippen molar-refractivity contribution in [2.24, 2.45) is 0 Å². The zero-order chi connectivity index (χ0) is 21.1. The van der Waals surface area contributed by atoms with Gasteiger partial charge in [0.1, 0.15) is 6.10 Å². The van der Waals surface area contributed by atoms with Gasteiger partial charge in [0.2, 0.25) is 0 Å². The van der Waals surface area contributed by atoms with E-state index in [9.17, 15) is 4.79 Å². The van der Waals surface area contributed by atoms with Crippen LogP contribution in [0.5, 0.6) is 0 Å². The predicted molar refractivity (Wildman–Crippen MR) is 110 cm³/mol. The fourth-order valence-corrected chi connectivity index (χ4v) is 4.24. The van der Waals surface area contributed by atoms with E-state index in [1.807, 2.05) is 45.9 Å². The number of fused-ring (bicyclic) bond motifs is 1. The highest BCUT2D eigenvalue weighted by molar-refractivity contribution is 5.85. The number of hydrogen-bond acceptors (Lipinski definition) is 5. The summed E-state index contributed by atoms with van der Waals surface area (Å²) >= 11 is 0. The second kappa shape index (κ2) is 8.96. The molecule has 0 unspecified atom stereocenters. The van der Waals surface area contributed by atoms with Crippen molar-refractivity contribution in [3.05, 3.63) is 48.0 Å². The van der Waals surface area contributed by atoms with Gasteiger partial charge in [-0.25, -0.2) is 0 Å². The lowest BCUT2D eigenvalue weighted by molar-refractivity contribution is -0.180. The number of nitrogens with one attached hydrogen (secondary N) is 1. The minimum atomic E-state index is -1.05. The summed E-state index contributed by atoms with van der Waals surface area (Å²) in [5, 5.41) is 2.94. The Labute approximate surface area is 173 Å². The standard InChI is InChI=1S/C23H33NO5/c1-6-11-26-18-13-23(21(25)24-7-2,14-19-20(18)29-22(4,5)28-19)27-15-17-10-8-9-16(3)12-17/h6,8-10,12,18-20H,1,7,11,13-15H2,2-5H3,(H,24,25)/t18-,19+,20-,23+/m0/s1. The van der Waals surface area contributed by atoms with Crippen LogP contribution >= 0.6 is 0 Å². The van der Waals surface area contributed by atoms with Gasteiger partial charge in [0.25, 0.3) is 5.91 Å². The smallest absolute Gasteiger partial charge is 0.252 e. The molecule has 2 aliphatic rings. The van der Waals surface area contributed by atoms with Crippen molar-refractivity contribution < 1.29 is 23.7 Å². The van der Waals surface area contributed by atoms with Crippen LogP contribution in [0.25, 0.3) is 0 Å². The minimum Gasteiger partial charge on any atom is -0.371 e. The highest BCUT2D eigenvalue weighted by atomic mass is 16.8. The van der Waals surface area contributed by atoms with E-state index < -0.39 is 11.4 Å². The summed E-state index contributed by atoms with van der Waals surface area (Å²) in [6.07, 6.45) is 1.68. The molecule has 1 amide bonds. The Morgan fingerprint density at radius 3 is 2.83 bits per heavy atom. The van der Waals surface area contributed by atoms with Crippen LogP contribution in [0.3, 0.4) is 0 Å². The van der Waals surface area contributed by atoms with E-state index in [0.29, 0.717) is 32.6 Å². The third-order valence-electron chi connectivity index (χ3n) is 5.43. The molecule has 1 aromatic carbocycles. The molecule has 4 atom stereocenters. The lowest BCUT2D eigenvalue weighted by atomic mass is 9.78. The van der Waals surface area contributed by atoms with E-state index in [1.54, 1.807) is 6.08 Å². The summed E-state index contributed by atoms with van der Waals surface area (Å²) in [4.78, 5) is 13.2. The van der Waals surface area contributed by atoms with Crippen LogP contribution in [0.15, 0.2) is 36.9 Å². The van der Waals surface area contributed by atoms with Crippen molar-refractivity contribution in [3.63, 3.8) is 0 Å². The highest BCUT2D eigenvalue weighted by Crippen LogP contribution is 2.44. The molecule has 1 aliphatic heterocycles. The topological polar surface area (TPSA) is 66.0 Å². The molecular weight excluding hydrogens is 370 g/mol. The van der Waals surface area contributed by atoms with Gasteiger partial charge < -0.3 is 24.3 Å². The quantitative estimate of drug-likeness (QED) is 0.675. The van der Waals surface area contributed by atoms with Crippen LogP contribution in [-0.4, -0.2) is 48.8 Å². The molecule has 6 nitrogen and oxygen atoms in total. The number of rotatable bonds is 8. The Kier molecular flexibility index (Phi) is 6.79. The van der Waals surface area contributed by atoms with Crippen molar-refractivity contribution in [2.75, 3.05) is 13.2 Å². The lowest BCUT2D eigenvalue weighted by Gasteiger charge is -2.43. The molecule has 1 saturated heterocycles. The number of likely N-dealkylation sites (N-methyl/N-ethyl adjacent to an activating group) is 1. The second-order valence-corrected chi connectivity index (χ2v) is 8.34.